The van der Waals surface area contributed by atoms with Gasteiger partial charge in [0.05, 0.1) is 0 Å². The lowest BCUT2D eigenvalue weighted by Crippen LogP contribution is -2.50. The smallest absolute Gasteiger partial charge is 0.226 e. The largest absolute Gasteiger partial charge is 0.354 e. The molecule has 1 aromatic carbocycles. The van der Waals surface area contributed by atoms with Crippen molar-refractivity contribution in [3.63, 3.8) is 0 Å². The summed E-state index contributed by atoms with van der Waals surface area (Å²) in [4.78, 5) is 26.7. The second kappa shape index (κ2) is 9.97. The van der Waals surface area contributed by atoms with Gasteiger partial charge in [0.15, 0.2) is 0 Å². The van der Waals surface area contributed by atoms with E-state index in [9.17, 15) is 9.59 Å². The fraction of sp³-hybridized carbons (Fsp3) is 0.579. The first-order valence-electron chi connectivity index (χ1n) is 9.23. The van der Waals surface area contributed by atoms with E-state index >= 15 is 0 Å². The summed E-state index contributed by atoms with van der Waals surface area (Å²) >= 11 is 12.3. The molecule has 3 atom stereocenters. The highest BCUT2D eigenvalue weighted by Gasteiger charge is 2.47. The molecule has 2 amide bonds. The topological polar surface area (TPSA) is 75.4 Å². The summed E-state index contributed by atoms with van der Waals surface area (Å²) in [5.74, 6) is 0.275. The number of nitrogens with zero attached hydrogens (tertiary/aromatic N) is 1. The van der Waals surface area contributed by atoms with Crippen molar-refractivity contribution < 1.29 is 9.59 Å². The molecule has 0 bridgehead atoms. The molecule has 3 N–H and O–H groups in total. The molecule has 0 spiro atoms. The Kier molecular flexibility index (Phi) is 8.22. The van der Waals surface area contributed by atoms with Crippen molar-refractivity contribution in [2.45, 2.75) is 44.1 Å². The summed E-state index contributed by atoms with van der Waals surface area (Å²) in [6.07, 6.45) is 4.16. The molecule has 1 heterocycles. The fourth-order valence-electron chi connectivity index (χ4n) is 3.78. The first kappa shape index (κ1) is 22.3. The summed E-state index contributed by atoms with van der Waals surface area (Å²) in [7, 11) is 0. The molecule has 27 heavy (non-hydrogen) atoms. The molecule has 1 saturated heterocycles. The summed E-state index contributed by atoms with van der Waals surface area (Å²) in [6, 6.07) is 5.54. The lowest BCUT2D eigenvalue weighted by atomic mass is 10.0. The van der Waals surface area contributed by atoms with Gasteiger partial charge in [-0.25, -0.2) is 0 Å². The van der Waals surface area contributed by atoms with E-state index in [1.54, 1.807) is 6.07 Å². The van der Waals surface area contributed by atoms with Crippen molar-refractivity contribution in [2.24, 2.45) is 11.7 Å². The number of amides is 2. The monoisotopic (exact) mass is 433 g/mol. The molecular formula is C19H26Cl3N3O2. The maximum absolute atomic E-state index is 13.0. The number of carbonyl (C=O) groups excluding carboxylic acids is 2. The van der Waals surface area contributed by atoms with Crippen LogP contribution in [-0.4, -0.2) is 42.4 Å². The van der Waals surface area contributed by atoms with Crippen LogP contribution < -0.4 is 11.1 Å². The molecule has 5 nitrogen and oxygen atoms in total. The van der Waals surface area contributed by atoms with Gasteiger partial charge in [-0.2, -0.15) is 0 Å². The van der Waals surface area contributed by atoms with E-state index in [0.29, 0.717) is 29.6 Å². The Balaban J connectivity index is 0.00000261. The number of benzene rings is 1. The average molecular weight is 435 g/mol. The van der Waals surface area contributed by atoms with Gasteiger partial charge in [-0.05, 0) is 49.3 Å². The van der Waals surface area contributed by atoms with Crippen molar-refractivity contribution in [1.29, 1.82) is 0 Å². The number of hydrogen-bond donors (Lipinski definition) is 2. The predicted molar refractivity (Wildman–Crippen MR) is 111 cm³/mol. The van der Waals surface area contributed by atoms with Crippen molar-refractivity contribution >= 4 is 47.4 Å². The Morgan fingerprint density at radius 3 is 2.74 bits per heavy atom. The van der Waals surface area contributed by atoms with Gasteiger partial charge < -0.3 is 16.0 Å². The summed E-state index contributed by atoms with van der Waals surface area (Å²) in [5, 5.41) is 4.14. The Labute approximate surface area is 176 Å². The Morgan fingerprint density at radius 1 is 1.26 bits per heavy atom. The third kappa shape index (κ3) is 5.50. The Bertz CT molecular complexity index is 686. The molecule has 1 aliphatic carbocycles. The van der Waals surface area contributed by atoms with Crippen molar-refractivity contribution in [3.8, 4) is 0 Å². The molecule has 2 aliphatic rings. The van der Waals surface area contributed by atoms with Gasteiger partial charge in [-0.3, -0.25) is 9.59 Å². The minimum Gasteiger partial charge on any atom is -0.354 e. The molecule has 3 rings (SSSR count). The molecular weight excluding hydrogens is 409 g/mol. The number of halogens is 3. The first-order chi connectivity index (χ1) is 12.5. The number of likely N-dealkylation sites (tertiary alicyclic amines) is 1. The van der Waals surface area contributed by atoms with E-state index < -0.39 is 0 Å². The first-order valence-corrected chi connectivity index (χ1v) is 9.99. The zero-order valence-electron chi connectivity index (χ0n) is 15.1. The number of carbonyl (C=O) groups is 2. The van der Waals surface area contributed by atoms with Gasteiger partial charge in [-0.15, -0.1) is 12.4 Å². The van der Waals surface area contributed by atoms with Crippen molar-refractivity contribution in [1.82, 2.24) is 10.2 Å². The second-order valence-corrected chi connectivity index (χ2v) is 7.98. The maximum Gasteiger partial charge on any atom is 0.226 e. The van der Waals surface area contributed by atoms with Crippen molar-refractivity contribution in [2.75, 3.05) is 19.6 Å². The van der Waals surface area contributed by atoms with Gasteiger partial charge in [0, 0.05) is 48.1 Å². The highest BCUT2D eigenvalue weighted by Crippen LogP contribution is 2.51. The maximum atomic E-state index is 13.0. The minimum atomic E-state index is -0.0530. The van der Waals surface area contributed by atoms with Crippen LogP contribution in [0.5, 0.6) is 0 Å². The predicted octanol–water partition coefficient (Wildman–Crippen LogP) is 3.36. The van der Waals surface area contributed by atoms with Gasteiger partial charge >= 0.3 is 0 Å². The van der Waals surface area contributed by atoms with Crippen LogP contribution in [0.4, 0.5) is 0 Å². The quantitative estimate of drug-likeness (QED) is 0.721. The van der Waals surface area contributed by atoms with Crippen LogP contribution in [0.25, 0.3) is 0 Å². The zero-order valence-corrected chi connectivity index (χ0v) is 17.5. The summed E-state index contributed by atoms with van der Waals surface area (Å²) in [6.45, 7) is 1.60. The molecule has 150 valence electrons. The standard InChI is InChI=1S/C19H25Cl2N3O2.ClH/c20-12-4-5-14(17(21)9-12)15-10-16(15)19(26)24-8-2-1-3-13(24)11-23-18(25)6-7-22;/h4-5,9,13,15-16H,1-3,6-8,10-11,22H2,(H,23,25);1H. The molecule has 8 heteroatoms. The highest BCUT2D eigenvalue weighted by molar-refractivity contribution is 6.35. The molecule has 0 aromatic heterocycles. The van der Waals surface area contributed by atoms with E-state index in [0.717, 1.165) is 37.8 Å². The highest BCUT2D eigenvalue weighted by atomic mass is 35.5. The molecule has 0 radical (unpaired) electrons. The van der Waals surface area contributed by atoms with Crippen molar-refractivity contribution in [3.05, 3.63) is 33.8 Å². The van der Waals surface area contributed by atoms with E-state index in [4.69, 9.17) is 28.9 Å². The molecule has 2 fully saturated rings. The number of rotatable bonds is 6. The van der Waals surface area contributed by atoms with E-state index in [1.165, 1.54) is 0 Å². The lowest BCUT2D eigenvalue weighted by molar-refractivity contribution is -0.137. The van der Waals surface area contributed by atoms with Crippen LogP contribution in [-0.2, 0) is 9.59 Å². The molecule has 1 aliphatic heterocycles. The summed E-state index contributed by atoms with van der Waals surface area (Å²) in [5.41, 5.74) is 6.41. The van der Waals surface area contributed by atoms with Crippen LogP contribution in [0.15, 0.2) is 18.2 Å². The molecule has 1 aromatic rings. The van der Waals surface area contributed by atoms with Crippen LogP contribution in [0.3, 0.4) is 0 Å². The van der Waals surface area contributed by atoms with E-state index in [-0.39, 0.29) is 42.1 Å². The fourth-order valence-corrected chi connectivity index (χ4v) is 4.33. The normalized spacial score (nSPS) is 24.1. The Hall–Kier alpha value is -1.01. The average Bonchev–Trinajstić information content (AvgIpc) is 3.40. The van der Waals surface area contributed by atoms with Crippen LogP contribution in [0, 0.1) is 5.92 Å². The van der Waals surface area contributed by atoms with Crippen LogP contribution in [0.2, 0.25) is 10.0 Å². The number of hydrogen-bond acceptors (Lipinski definition) is 3. The van der Waals surface area contributed by atoms with Gasteiger partial charge in [-0.1, -0.05) is 29.3 Å². The molecule has 1 saturated carbocycles. The number of nitrogens with one attached hydrogen (secondary N) is 1. The van der Waals surface area contributed by atoms with Gasteiger partial charge in [0.2, 0.25) is 11.8 Å². The van der Waals surface area contributed by atoms with E-state index in [1.807, 2.05) is 17.0 Å². The van der Waals surface area contributed by atoms with Gasteiger partial charge in [0.25, 0.3) is 0 Å². The zero-order chi connectivity index (χ0) is 18.7. The Morgan fingerprint density at radius 2 is 2.04 bits per heavy atom. The number of piperidine rings is 1. The van der Waals surface area contributed by atoms with Gasteiger partial charge in [0.1, 0.15) is 0 Å². The SMILES string of the molecule is Cl.NCCC(=O)NCC1CCCCN1C(=O)C1CC1c1ccc(Cl)cc1Cl. The lowest BCUT2D eigenvalue weighted by Gasteiger charge is -2.36. The minimum absolute atomic E-state index is 0. The molecule has 3 unspecified atom stereocenters. The van der Waals surface area contributed by atoms with Crippen LogP contribution in [0.1, 0.15) is 43.6 Å². The summed E-state index contributed by atoms with van der Waals surface area (Å²) < 4.78 is 0. The number of nitrogens with two attached hydrogens (primary N) is 1. The third-order valence-electron chi connectivity index (χ3n) is 5.29. The van der Waals surface area contributed by atoms with Crippen LogP contribution >= 0.6 is 35.6 Å². The van der Waals surface area contributed by atoms with E-state index in [2.05, 4.69) is 5.32 Å². The third-order valence-corrected chi connectivity index (χ3v) is 5.85. The second-order valence-electron chi connectivity index (χ2n) is 7.14.